The van der Waals surface area contributed by atoms with Gasteiger partial charge in [0.2, 0.25) is 0 Å². The number of aromatic amines is 1. The number of nitriles is 1. The molecule has 4 aromatic rings. The van der Waals surface area contributed by atoms with Gasteiger partial charge in [0.1, 0.15) is 0 Å². The third-order valence-electron chi connectivity index (χ3n) is 4.12. The van der Waals surface area contributed by atoms with Crippen LogP contribution in [0.2, 0.25) is 0 Å². The van der Waals surface area contributed by atoms with Crippen molar-refractivity contribution in [2.24, 2.45) is 0 Å². The van der Waals surface area contributed by atoms with Crippen molar-refractivity contribution in [3.8, 4) is 39.6 Å². The molecule has 0 saturated heterocycles. The molecule has 0 fully saturated rings. The summed E-state index contributed by atoms with van der Waals surface area (Å²) in [5.74, 6) is 0. The van der Waals surface area contributed by atoms with E-state index in [1.807, 2.05) is 42.6 Å². The molecule has 2 aromatic carbocycles. The molecule has 4 heteroatoms. The van der Waals surface area contributed by atoms with Crippen LogP contribution in [0.15, 0.2) is 79.3 Å². The van der Waals surface area contributed by atoms with Gasteiger partial charge in [-0.05, 0) is 41.0 Å². The molecule has 2 heterocycles. The summed E-state index contributed by atoms with van der Waals surface area (Å²) >= 11 is 0. The minimum absolute atomic E-state index is 0.663. The van der Waals surface area contributed by atoms with Gasteiger partial charge in [-0.2, -0.15) is 10.4 Å². The first kappa shape index (κ1) is 14.9. The Bertz CT molecular complexity index is 1040. The lowest BCUT2D eigenvalue weighted by Crippen LogP contribution is -1.84. The average Bonchev–Trinajstić information content (AvgIpc) is 3.19. The Kier molecular flexibility index (Phi) is 3.82. The Morgan fingerprint density at radius 2 is 1.56 bits per heavy atom. The smallest absolute Gasteiger partial charge is 0.1000 e. The molecule has 1 N–H and O–H groups in total. The van der Waals surface area contributed by atoms with E-state index in [0.717, 1.165) is 33.5 Å². The second-order valence-electron chi connectivity index (χ2n) is 5.65. The summed E-state index contributed by atoms with van der Waals surface area (Å²) in [5, 5.41) is 16.4. The summed E-state index contributed by atoms with van der Waals surface area (Å²) < 4.78 is 0. The summed E-state index contributed by atoms with van der Waals surface area (Å²) in [4.78, 5) is 4.06. The number of nitrogens with zero attached hydrogens (tertiary/aromatic N) is 3. The molecule has 0 bridgehead atoms. The topological polar surface area (TPSA) is 65.4 Å². The van der Waals surface area contributed by atoms with E-state index in [4.69, 9.17) is 5.26 Å². The maximum Gasteiger partial charge on any atom is 0.1000 e. The number of H-pyrrole nitrogens is 1. The molecule has 0 aliphatic rings. The molecule has 4 rings (SSSR count). The number of hydrogen-bond acceptors (Lipinski definition) is 3. The molecule has 0 saturated carbocycles. The molecule has 0 amide bonds. The summed E-state index contributed by atoms with van der Waals surface area (Å²) in [6.45, 7) is 0. The monoisotopic (exact) mass is 322 g/mol. The van der Waals surface area contributed by atoms with Crippen LogP contribution in [0.5, 0.6) is 0 Å². The molecule has 4 nitrogen and oxygen atoms in total. The molecule has 0 atom stereocenters. The van der Waals surface area contributed by atoms with E-state index in [0.29, 0.717) is 5.56 Å². The Hall–Kier alpha value is -3.71. The molecular weight excluding hydrogens is 308 g/mol. The first-order chi connectivity index (χ1) is 12.3. The molecule has 0 unspecified atom stereocenters. The highest BCUT2D eigenvalue weighted by Gasteiger charge is 2.10. The van der Waals surface area contributed by atoms with Gasteiger partial charge in [0.25, 0.3) is 0 Å². The van der Waals surface area contributed by atoms with Gasteiger partial charge in [-0.25, -0.2) is 0 Å². The SMILES string of the molecule is N#Cc1cccc(-c2ccc(-c3c[nH]nc3-c3ccncc3)cc2)c1. The van der Waals surface area contributed by atoms with E-state index < -0.39 is 0 Å². The third-order valence-corrected chi connectivity index (χ3v) is 4.12. The van der Waals surface area contributed by atoms with Gasteiger partial charge >= 0.3 is 0 Å². The van der Waals surface area contributed by atoms with Gasteiger partial charge in [0.15, 0.2) is 0 Å². The summed E-state index contributed by atoms with van der Waals surface area (Å²) in [7, 11) is 0. The second kappa shape index (κ2) is 6.42. The van der Waals surface area contributed by atoms with Crippen molar-refractivity contribution in [1.82, 2.24) is 15.2 Å². The highest BCUT2D eigenvalue weighted by molar-refractivity contribution is 5.81. The van der Waals surface area contributed by atoms with Gasteiger partial charge in [0, 0.05) is 29.7 Å². The fourth-order valence-electron chi connectivity index (χ4n) is 2.85. The molecule has 0 aliphatic heterocycles. The third kappa shape index (κ3) is 2.91. The van der Waals surface area contributed by atoms with E-state index in [2.05, 4.69) is 45.5 Å². The van der Waals surface area contributed by atoms with Crippen LogP contribution in [0, 0.1) is 11.3 Å². The van der Waals surface area contributed by atoms with Crippen molar-refractivity contribution in [3.05, 3.63) is 84.8 Å². The van der Waals surface area contributed by atoms with E-state index in [1.165, 1.54) is 0 Å². The quantitative estimate of drug-likeness (QED) is 0.595. The molecule has 118 valence electrons. The van der Waals surface area contributed by atoms with Crippen molar-refractivity contribution in [1.29, 1.82) is 5.26 Å². The highest BCUT2D eigenvalue weighted by Crippen LogP contribution is 2.31. The van der Waals surface area contributed by atoms with E-state index >= 15 is 0 Å². The fraction of sp³-hybridized carbons (Fsp3) is 0. The zero-order chi connectivity index (χ0) is 17.1. The first-order valence-corrected chi connectivity index (χ1v) is 7.90. The average molecular weight is 322 g/mol. The Morgan fingerprint density at radius 1 is 0.800 bits per heavy atom. The summed E-state index contributed by atoms with van der Waals surface area (Å²) in [5.41, 5.74) is 6.83. The predicted molar refractivity (Wildman–Crippen MR) is 97.4 cm³/mol. The van der Waals surface area contributed by atoms with Gasteiger partial charge in [-0.3, -0.25) is 10.1 Å². The van der Waals surface area contributed by atoms with Gasteiger partial charge < -0.3 is 0 Å². The first-order valence-electron chi connectivity index (χ1n) is 7.90. The molecule has 2 aromatic heterocycles. The van der Waals surface area contributed by atoms with Crippen molar-refractivity contribution in [3.63, 3.8) is 0 Å². The largest absolute Gasteiger partial charge is 0.284 e. The standard InChI is InChI=1S/C21H14N4/c22-13-15-2-1-3-19(12-15)16-4-6-17(7-5-16)20-14-24-25-21(20)18-8-10-23-11-9-18/h1-12,14H,(H,24,25). The number of pyridine rings is 1. The number of hydrogen-bond donors (Lipinski definition) is 1. The number of rotatable bonds is 3. The minimum atomic E-state index is 0.663. The molecular formula is C21H14N4. The van der Waals surface area contributed by atoms with E-state index in [9.17, 15) is 0 Å². The molecule has 0 aliphatic carbocycles. The van der Waals surface area contributed by atoms with Crippen LogP contribution in [0.25, 0.3) is 33.5 Å². The maximum absolute atomic E-state index is 9.05. The van der Waals surface area contributed by atoms with Crippen LogP contribution in [0.3, 0.4) is 0 Å². The molecule has 0 radical (unpaired) electrons. The van der Waals surface area contributed by atoms with Crippen molar-refractivity contribution in [2.75, 3.05) is 0 Å². The van der Waals surface area contributed by atoms with Crippen LogP contribution >= 0.6 is 0 Å². The highest BCUT2D eigenvalue weighted by atomic mass is 15.1. The van der Waals surface area contributed by atoms with Crippen molar-refractivity contribution >= 4 is 0 Å². The Morgan fingerprint density at radius 3 is 2.32 bits per heavy atom. The lowest BCUT2D eigenvalue weighted by atomic mass is 9.98. The lowest BCUT2D eigenvalue weighted by Gasteiger charge is -2.06. The van der Waals surface area contributed by atoms with Gasteiger partial charge in [-0.15, -0.1) is 0 Å². The number of nitrogens with one attached hydrogen (secondary N) is 1. The van der Waals surface area contributed by atoms with Gasteiger partial charge in [0.05, 0.1) is 17.3 Å². The Balaban J connectivity index is 1.70. The number of aromatic nitrogens is 3. The number of benzene rings is 2. The van der Waals surface area contributed by atoms with Crippen LogP contribution in [0.4, 0.5) is 0 Å². The minimum Gasteiger partial charge on any atom is -0.284 e. The van der Waals surface area contributed by atoms with Crippen molar-refractivity contribution < 1.29 is 0 Å². The normalized spacial score (nSPS) is 10.4. The lowest BCUT2D eigenvalue weighted by molar-refractivity contribution is 1.09. The van der Waals surface area contributed by atoms with E-state index in [1.54, 1.807) is 12.4 Å². The maximum atomic E-state index is 9.05. The fourth-order valence-corrected chi connectivity index (χ4v) is 2.85. The zero-order valence-electron chi connectivity index (χ0n) is 13.3. The second-order valence-corrected chi connectivity index (χ2v) is 5.65. The van der Waals surface area contributed by atoms with Crippen LogP contribution < -0.4 is 0 Å². The summed E-state index contributed by atoms with van der Waals surface area (Å²) in [6.07, 6.45) is 5.43. The van der Waals surface area contributed by atoms with Crippen LogP contribution in [-0.2, 0) is 0 Å². The predicted octanol–water partition coefficient (Wildman–Crippen LogP) is 4.68. The zero-order valence-corrected chi connectivity index (χ0v) is 13.3. The van der Waals surface area contributed by atoms with Crippen LogP contribution in [0.1, 0.15) is 5.56 Å². The van der Waals surface area contributed by atoms with Crippen molar-refractivity contribution in [2.45, 2.75) is 0 Å². The molecule has 25 heavy (non-hydrogen) atoms. The van der Waals surface area contributed by atoms with Gasteiger partial charge in [-0.1, -0.05) is 36.4 Å². The molecule has 0 spiro atoms. The van der Waals surface area contributed by atoms with E-state index in [-0.39, 0.29) is 0 Å². The Labute approximate surface area is 145 Å². The summed E-state index contributed by atoms with van der Waals surface area (Å²) in [6, 6.07) is 22.0. The van der Waals surface area contributed by atoms with Crippen LogP contribution in [-0.4, -0.2) is 15.2 Å².